The number of anilines is 1. The topological polar surface area (TPSA) is 49.3 Å². The molecule has 5 nitrogen and oxygen atoms in total. The highest BCUT2D eigenvalue weighted by atomic mass is 35.5. The highest BCUT2D eigenvalue weighted by Crippen LogP contribution is 2.30. The number of likely N-dealkylation sites (N-methyl/N-ethyl adjacent to an activating group) is 2. The molecule has 0 atom stereocenters. The quantitative estimate of drug-likeness (QED) is 0.799. The third-order valence-corrected chi connectivity index (χ3v) is 2.68. The van der Waals surface area contributed by atoms with Gasteiger partial charge in [-0.15, -0.1) is 0 Å². The lowest BCUT2D eigenvalue weighted by atomic mass is 10.3. The number of hydrogen-bond donors (Lipinski definition) is 0. The van der Waals surface area contributed by atoms with Gasteiger partial charge in [0.15, 0.2) is 5.69 Å². The standard InChI is InChI=1S/C11H14ClF3N4O/c1-4-19(6-9(20)18(2)3)8-5-7(11(13,14)15)16-10(12)17-8/h5H,4,6H2,1-3H3. The van der Waals surface area contributed by atoms with E-state index in [-0.39, 0.29) is 18.3 Å². The van der Waals surface area contributed by atoms with Crippen LogP contribution >= 0.6 is 11.6 Å². The minimum Gasteiger partial charge on any atom is -0.347 e. The van der Waals surface area contributed by atoms with E-state index in [0.717, 1.165) is 6.07 Å². The Hall–Kier alpha value is -1.57. The minimum atomic E-state index is -4.62. The number of halogens is 4. The van der Waals surface area contributed by atoms with Crippen molar-refractivity contribution < 1.29 is 18.0 Å². The molecule has 20 heavy (non-hydrogen) atoms. The van der Waals surface area contributed by atoms with Crippen molar-refractivity contribution in [3.8, 4) is 0 Å². The molecule has 0 N–H and O–H groups in total. The highest BCUT2D eigenvalue weighted by Gasteiger charge is 2.34. The maximum Gasteiger partial charge on any atom is 0.433 e. The van der Waals surface area contributed by atoms with E-state index < -0.39 is 17.2 Å². The van der Waals surface area contributed by atoms with Gasteiger partial charge in [0.2, 0.25) is 11.2 Å². The van der Waals surface area contributed by atoms with Crippen molar-refractivity contribution in [2.75, 3.05) is 32.1 Å². The van der Waals surface area contributed by atoms with E-state index in [2.05, 4.69) is 9.97 Å². The predicted octanol–water partition coefficient (Wildman–Crippen LogP) is 2.06. The van der Waals surface area contributed by atoms with E-state index in [4.69, 9.17) is 11.6 Å². The normalized spacial score (nSPS) is 11.3. The Morgan fingerprint density at radius 1 is 1.35 bits per heavy atom. The second-order valence-corrected chi connectivity index (χ2v) is 4.52. The molecule has 0 unspecified atom stereocenters. The van der Waals surface area contributed by atoms with Gasteiger partial charge in [0.05, 0.1) is 6.54 Å². The summed E-state index contributed by atoms with van der Waals surface area (Å²) in [7, 11) is 3.12. The summed E-state index contributed by atoms with van der Waals surface area (Å²) < 4.78 is 38.0. The molecule has 1 aromatic heterocycles. The lowest BCUT2D eigenvalue weighted by Crippen LogP contribution is -2.37. The zero-order valence-corrected chi connectivity index (χ0v) is 12.0. The number of carbonyl (C=O) groups excluding carboxylic acids is 1. The van der Waals surface area contributed by atoms with Crippen molar-refractivity contribution in [1.82, 2.24) is 14.9 Å². The van der Waals surface area contributed by atoms with E-state index in [1.165, 1.54) is 9.80 Å². The third kappa shape index (κ3) is 4.22. The van der Waals surface area contributed by atoms with Crippen LogP contribution in [0, 0.1) is 0 Å². The molecule has 1 heterocycles. The van der Waals surface area contributed by atoms with E-state index in [9.17, 15) is 18.0 Å². The molecular formula is C11H14ClF3N4O. The highest BCUT2D eigenvalue weighted by molar-refractivity contribution is 6.28. The number of carbonyl (C=O) groups is 1. The molecule has 0 saturated heterocycles. The number of nitrogens with zero attached hydrogens (tertiary/aromatic N) is 4. The van der Waals surface area contributed by atoms with E-state index in [0.29, 0.717) is 6.54 Å². The van der Waals surface area contributed by atoms with Crippen molar-refractivity contribution >= 4 is 23.3 Å². The molecule has 1 aromatic rings. The molecule has 0 bridgehead atoms. The number of alkyl halides is 3. The Morgan fingerprint density at radius 3 is 2.40 bits per heavy atom. The first-order valence-electron chi connectivity index (χ1n) is 5.72. The fraction of sp³-hybridized carbons (Fsp3) is 0.545. The van der Waals surface area contributed by atoms with Gasteiger partial charge in [0.1, 0.15) is 5.82 Å². The molecule has 9 heteroatoms. The predicted molar refractivity (Wildman–Crippen MR) is 68.6 cm³/mol. The molecule has 0 aliphatic carbocycles. The monoisotopic (exact) mass is 310 g/mol. The van der Waals surface area contributed by atoms with E-state index in [1.807, 2.05) is 0 Å². The summed E-state index contributed by atoms with van der Waals surface area (Å²) in [6.07, 6.45) is -4.62. The van der Waals surface area contributed by atoms with Crippen LogP contribution in [0.15, 0.2) is 6.07 Å². The lowest BCUT2D eigenvalue weighted by molar-refractivity contribution is -0.141. The fourth-order valence-electron chi connectivity index (χ4n) is 1.37. The Balaban J connectivity index is 3.10. The largest absolute Gasteiger partial charge is 0.433 e. The summed E-state index contributed by atoms with van der Waals surface area (Å²) in [6, 6.07) is 0.776. The fourth-order valence-corrected chi connectivity index (χ4v) is 1.55. The van der Waals surface area contributed by atoms with Gasteiger partial charge in [-0.2, -0.15) is 13.2 Å². The van der Waals surface area contributed by atoms with Crippen LogP contribution in [0.3, 0.4) is 0 Å². The van der Waals surface area contributed by atoms with Gasteiger partial charge < -0.3 is 9.80 Å². The van der Waals surface area contributed by atoms with Crippen molar-refractivity contribution in [1.29, 1.82) is 0 Å². The van der Waals surface area contributed by atoms with Gasteiger partial charge in [-0.05, 0) is 18.5 Å². The smallest absolute Gasteiger partial charge is 0.347 e. The van der Waals surface area contributed by atoms with Crippen LogP contribution in [0.1, 0.15) is 12.6 Å². The maximum atomic E-state index is 12.7. The number of hydrogen-bond acceptors (Lipinski definition) is 4. The molecular weight excluding hydrogens is 297 g/mol. The molecule has 0 saturated carbocycles. The van der Waals surface area contributed by atoms with E-state index >= 15 is 0 Å². The molecule has 0 spiro atoms. The summed E-state index contributed by atoms with van der Waals surface area (Å²) in [5.41, 5.74) is -1.14. The van der Waals surface area contributed by atoms with Crippen LogP contribution in [-0.4, -0.2) is 48.0 Å². The summed E-state index contributed by atoms with van der Waals surface area (Å²) in [4.78, 5) is 21.3. The zero-order chi connectivity index (χ0) is 15.5. The second kappa shape index (κ2) is 6.25. The van der Waals surface area contributed by atoms with Crippen molar-refractivity contribution in [2.24, 2.45) is 0 Å². The van der Waals surface area contributed by atoms with Crippen LogP contribution in [-0.2, 0) is 11.0 Å². The first kappa shape index (κ1) is 16.5. The summed E-state index contributed by atoms with van der Waals surface area (Å²) in [6.45, 7) is 1.92. The first-order chi connectivity index (χ1) is 9.15. The first-order valence-corrected chi connectivity index (χ1v) is 6.09. The summed E-state index contributed by atoms with van der Waals surface area (Å²) in [5.74, 6) is -0.287. The SMILES string of the molecule is CCN(CC(=O)N(C)C)c1cc(C(F)(F)F)nc(Cl)n1. The van der Waals surface area contributed by atoms with Crippen molar-refractivity contribution in [3.05, 3.63) is 17.0 Å². The molecule has 0 fully saturated rings. The molecule has 112 valence electrons. The Morgan fingerprint density at radius 2 is 1.95 bits per heavy atom. The van der Waals surface area contributed by atoms with Gasteiger partial charge in [-0.3, -0.25) is 4.79 Å². The maximum absolute atomic E-state index is 12.7. The van der Waals surface area contributed by atoms with Crippen LogP contribution in [0.2, 0.25) is 5.28 Å². The van der Waals surface area contributed by atoms with Crippen LogP contribution in [0.25, 0.3) is 0 Å². The molecule has 0 aliphatic rings. The lowest BCUT2D eigenvalue weighted by Gasteiger charge is -2.23. The van der Waals surface area contributed by atoms with Gasteiger partial charge in [0.25, 0.3) is 0 Å². The van der Waals surface area contributed by atoms with Crippen LogP contribution in [0.4, 0.5) is 19.0 Å². The number of amides is 1. The Kier molecular flexibility index (Phi) is 5.15. The zero-order valence-electron chi connectivity index (χ0n) is 11.2. The summed E-state index contributed by atoms with van der Waals surface area (Å²) in [5, 5.41) is -0.509. The molecule has 0 radical (unpaired) electrons. The van der Waals surface area contributed by atoms with Crippen molar-refractivity contribution in [3.63, 3.8) is 0 Å². The second-order valence-electron chi connectivity index (χ2n) is 4.18. The Bertz CT molecular complexity index is 493. The van der Waals surface area contributed by atoms with Crippen LogP contribution in [0.5, 0.6) is 0 Å². The minimum absolute atomic E-state index is 0.0324. The molecule has 0 aliphatic heterocycles. The molecule has 0 aromatic carbocycles. The van der Waals surface area contributed by atoms with Crippen molar-refractivity contribution in [2.45, 2.75) is 13.1 Å². The van der Waals surface area contributed by atoms with E-state index in [1.54, 1.807) is 21.0 Å². The Labute approximate surface area is 119 Å². The van der Waals surface area contributed by atoms with Gasteiger partial charge in [-0.1, -0.05) is 0 Å². The summed E-state index contributed by atoms with van der Waals surface area (Å²) >= 11 is 5.51. The van der Waals surface area contributed by atoms with Crippen LogP contribution < -0.4 is 4.90 Å². The van der Waals surface area contributed by atoms with Gasteiger partial charge in [-0.25, -0.2) is 9.97 Å². The third-order valence-electron chi connectivity index (χ3n) is 2.51. The average Bonchev–Trinajstić information content (AvgIpc) is 2.33. The number of aromatic nitrogens is 2. The number of rotatable bonds is 4. The van der Waals surface area contributed by atoms with Gasteiger partial charge >= 0.3 is 6.18 Å². The molecule has 1 amide bonds. The molecule has 1 rings (SSSR count). The average molecular weight is 311 g/mol. The van der Waals surface area contributed by atoms with Gasteiger partial charge in [0, 0.05) is 26.7 Å².